The van der Waals surface area contributed by atoms with Gasteiger partial charge in [0, 0.05) is 22.7 Å². The van der Waals surface area contributed by atoms with Crippen LogP contribution in [0.5, 0.6) is 0 Å². The number of hydrogen-bond donors (Lipinski definition) is 2. The molecule has 4 nitrogen and oxygen atoms in total. The SMILES string of the molecule is Cc1[nH]cc2c1c(=O)n(O)c1ccccc21. The highest BCUT2D eigenvalue weighted by atomic mass is 16.5. The minimum absolute atomic E-state index is 0.382. The Balaban J connectivity index is 2.76. The molecule has 0 aliphatic carbocycles. The van der Waals surface area contributed by atoms with Crippen LogP contribution in [-0.4, -0.2) is 14.9 Å². The Hall–Kier alpha value is -2.23. The molecule has 2 heterocycles. The van der Waals surface area contributed by atoms with Gasteiger partial charge < -0.3 is 10.2 Å². The lowest BCUT2D eigenvalue weighted by atomic mass is 10.1. The van der Waals surface area contributed by atoms with Crippen LogP contribution >= 0.6 is 0 Å². The maximum Gasteiger partial charge on any atom is 0.293 e. The van der Waals surface area contributed by atoms with E-state index in [1.165, 1.54) is 0 Å². The summed E-state index contributed by atoms with van der Waals surface area (Å²) < 4.78 is 0.707. The molecule has 4 heteroatoms. The molecule has 2 N–H and O–H groups in total. The summed E-state index contributed by atoms with van der Waals surface area (Å²) in [5, 5.41) is 12.0. The van der Waals surface area contributed by atoms with Crippen LogP contribution in [0.25, 0.3) is 21.7 Å². The second-order valence-electron chi connectivity index (χ2n) is 3.84. The van der Waals surface area contributed by atoms with Gasteiger partial charge in [0.2, 0.25) is 0 Å². The lowest BCUT2D eigenvalue weighted by Crippen LogP contribution is -2.18. The monoisotopic (exact) mass is 214 g/mol. The predicted octanol–water partition coefficient (Wildman–Crippen LogP) is 2.03. The van der Waals surface area contributed by atoms with Crippen LogP contribution in [0.15, 0.2) is 35.3 Å². The Morgan fingerprint density at radius 1 is 1.25 bits per heavy atom. The van der Waals surface area contributed by atoms with Gasteiger partial charge >= 0.3 is 0 Å². The molecule has 3 aromatic rings. The standard InChI is InChI=1S/C12H10N2O2/c1-7-11-9(6-13-7)8-4-2-3-5-10(8)14(16)12(11)15/h2-6,13,16H,1H3. The van der Waals surface area contributed by atoms with E-state index in [1.54, 1.807) is 18.3 Å². The molecule has 80 valence electrons. The van der Waals surface area contributed by atoms with E-state index in [9.17, 15) is 10.0 Å². The topological polar surface area (TPSA) is 58.0 Å². The van der Waals surface area contributed by atoms with Gasteiger partial charge in [-0.05, 0) is 13.0 Å². The highest BCUT2D eigenvalue weighted by Crippen LogP contribution is 2.23. The molecule has 0 fully saturated rings. The van der Waals surface area contributed by atoms with Gasteiger partial charge in [-0.15, -0.1) is 4.73 Å². The number of hydrogen-bond acceptors (Lipinski definition) is 2. The van der Waals surface area contributed by atoms with Crippen molar-refractivity contribution in [3.05, 3.63) is 46.5 Å². The van der Waals surface area contributed by atoms with E-state index >= 15 is 0 Å². The molecule has 0 amide bonds. The Labute approximate surface area is 90.7 Å². The average Bonchev–Trinajstić information content (AvgIpc) is 2.69. The van der Waals surface area contributed by atoms with Crippen LogP contribution in [0.3, 0.4) is 0 Å². The average molecular weight is 214 g/mol. The van der Waals surface area contributed by atoms with E-state index in [2.05, 4.69) is 4.98 Å². The lowest BCUT2D eigenvalue weighted by molar-refractivity contribution is 0.190. The van der Waals surface area contributed by atoms with Gasteiger partial charge in [-0.25, -0.2) is 0 Å². The maximum absolute atomic E-state index is 11.9. The number of pyridine rings is 1. The van der Waals surface area contributed by atoms with Crippen LogP contribution in [0.2, 0.25) is 0 Å². The third-order valence-corrected chi connectivity index (χ3v) is 2.91. The summed E-state index contributed by atoms with van der Waals surface area (Å²) in [6.45, 7) is 1.82. The fourth-order valence-electron chi connectivity index (χ4n) is 2.12. The first-order chi connectivity index (χ1) is 7.70. The van der Waals surface area contributed by atoms with Crippen molar-refractivity contribution in [2.24, 2.45) is 0 Å². The van der Waals surface area contributed by atoms with E-state index in [4.69, 9.17) is 0 Å². The summed E-state index contributed by atoms with van der Waals surface area (Å²) in [6, 6.07) is 7.28. The molecule has 0 radical (unpaired) electrons. The molecular formula is C12H10N2O2. The Morgan fingerprint density at radius 2 is 2.00 bits per heavy atom. The maximum atomic E-state index is 11.9. The van der Waals surface area contributed by atoms with Gasteiger partial charge in [-0.1, -0.05) is 18.2 Å². The lowest BCUT2D eigenvalue weighted by Gasteiger charge is -2.04. The van der Waals surface area contributed by atoms with E-state index < -0.39 is 0 Å². The van der Waals surface area contributed by atoms with E-state index in [1.807, 2.05) is 19.1 Å². The summed E-state index contributed by atoms with van der Waals surface area (Å²) in [5.41, 5.74) is 0.917. The molecule has 16 heavy (non-hydrogen) atoms. The second-order valence-corrected chi connectivity index (χ2v) is 3.84. The summed E-state index contributed by atoms with van der Waals surface area (Å²) in [5.74, 6) is 0. The molecule has 0 saturated heterocycles. The van der Waals surface area contributed by atoms with Crippen LogP contribution in [0.4, 0.5) is 0 Å². The summed E-state index contributed by atoms with van der Waals surface area (Å²) in [6.07, 6.45) is 1.80. The molecule has 0 aliphatic heterocycles. The summed E-state index contributed by atoms with van der Waals surface area (Å²) in [4.78, 5) is 14.9. The zero-order valence-electron chi connectivity index (χ0n) is 8.69. The predicted molar refractivity (Wildman–Crippen MR) is 62.0 cm³/mol. The molecule has 0 spiro atoms. The van der Waals surface area contributed by atoms with Crippen molar-refractivity contribution in [1.82, 2.24) is 9.71 Å². The first-order valence-corrected chi connectivity index (χ1v) is 5.01. The highest BCUT2D eigenvalue weighted by Gasteiger charge is 2.12. The minimum atomic E-state index is -0.382. The number of H-pyrrole nitrogens is 1. The summed E-state index contributed by atoms with van der Waals surface area (Å²) in [7, 11) is 0. The number of aromatic amines is 1. The van der Waals surface area contributed by atoms with Crippen molar-refractivity contribution < 1.29 is 5.21 Å². The van der Waals surface area contributed by atoms with Gasteiger partial charge in [-0.3, -0.25) is 4.79 Å². The van der Waals surface area contributed by atoms with Crippen LogP contribution in [0.1, 0.15) is 5.69 Å². The van der Waals surface area contributed by atoms with Crippen LogP contribution < -0.4 is 5.56 Å². The fourth-order valence-corrected chi connectivity index (χ4v) is 2.12. The van der Waals surface area contributed by atoms with E-state index in [0.29, 0.717) is 15.6 Å². The molecular weight excluding hydrogens is 204 g/mol. The van der Waals surface area contributed by atoms with E-state index in [0.717, 1.165) is 16.5 Å². The van der Waals surface area contributed by atoms with Gasteiger partial charge in [0.1, 0.15) is 0 Å². The number of aryl methyl sites for hydroxylation is 1. The molecule has 0 aliphatic rings. The Morgan fingerprint density at radius 3 is 2.81 bits per heavy atom. The molecule has 1 aromatic carbocycles. The van der Waals surface area contributed by atoms with Crippen molar-refractivity contribution in [2.75, 3.05) is 0 Å². The zero-order valence-corrected chi connectivity index (χ0v) is 8.69. The molecule has 0 saturated carbocycles. The fraction of sp³-hybridized carbons (Fsp3) is 0.0833. The number of para-hydroxylation sites is 1. The quantitative estimate of drug-likeness (QED) is 0.562. The Kier molecular flexibility index (Phi) is 1.63. The van der Waals surface area contributed by atoms with Crippen molar-refractivity contribution in [2.45, 2.75) is 6.92 Å². The van der Waals surface area contributed by atoms with Gasteiger partial charge in [0.05, 0.1) is 10.9 Å². The van der Waals surface area contributed by atoms with Crippen molar-refractivity contribution in [1.29, 1.82) is 0 Å². The number of benzene rings is 1. The normalized spacial score (nSPS) is 11.3. The highest BCUT2D eigenvalue weighted by molar-refractivity contribution is 6.06. The van der Waals surface area contributed by atoms with Crippen molar-refractivity contribution >= 4 is 21.7 Å². The smallest absolute Gasteiger partial charge is 0.293 e. The van der Waals surface area contributed by atoms with Crippen LogP contribution in [0, 0.1) is 6.92 Å². The molecule has 0 atom stereocenters. The first-order valence-electron chi connectivity index (χ1n) is 5.01. The third-order valence-electron chi connectivity index (χ3n) is 2.91. The molecule has 2 aromatic heterocycles. The van der Waals surface area contributed by atoms with Gasteiger partial charge in [-0.2, -0.15) is 0 Å². The molecule has 0 bridgehead atoms. The Bertz CT molecular complexity index is 753. The minimum Gasteiger partial charge on any atom is -0.425 e. The van der Waals surface area contributed by atoms with Gasteiger partial charge in [0.15, 0.2) is 0 Å². The number of aromatic nitrogens is 2. The third kappa shape index (κ3) is 0.957. The summed E-state index contributed by atoms with van der Waals surface area (Å²) >= 11 is 0. The number of nitrogens with one attached hydrogen (secondary N) is 1. The van der Waals surface area contributed by atoms with Gasteiger partial charge in [0.25, 0.3) is 5.56 Å². The zero-order chi connectivity index (χ0) is 11.3. The number of rotatable bonds is 0. The van der Waals surface area contributed by atoms with Crippen molar-refractivity contribution in [3.63, 3.8) is 0 Å². The van der Waals surface area contributed by atoms with Crippen molar-refractivity contribution in [3.8, 4) is 0 Å². The molecule has 3 rings (SSSR count). The van der Waals surface area contributed by atoms with Crippen LogP contribution in [-0.2, 0) is 0 Å². The second kappa shape index (κ2) is 2.88. The van der Waals surface area contributed by atoms with E-state index in [-0.39, 0.29) is 5.56 Å². The molecule has 0 unspecified atom stereocenters. The number of nitrogens with zero attached hydrogens (tertiary/aromatic N) is 1. The largest absolute Gasteiger partial charge is 0.425 e. The first kappa shape index (κ1) is 9.03. The number of fused-ring (bicyclic) bond motifs is 3.